The topological polar surface area (TPSA) is 58.9 Å². The Morgan fingerprint density at radius 2 is 2.00 bits per heavy atom. The zero-order valence-electron chi connectivity index (χ0n) is 4.73. The summed E-state index contributed by atoms with van der Waals surface area (Å²) in [5.74, 6) is 0. The standard InChI is InChI=1S/C5H8O4/c6-3-2-1-8-5(9-2)4(3)7/h2-7H,1H2/t2-,3+,4+,5?/m1/s1. The molecule has 4 nitrogen and oxygen atoms in total. The molecule has 52 valence electrons. The van der Waals surface area contributed by atoms with Gasteiger partial charge < -0.3 is 19.7 Å². The van der Waals surface area contributed by atoms with Gasteiger partial charge in [-0.3, -0.25) is 0 Å². The van der Waals surface area contributed by atoms with Crippen LogP contribution < -0.4 is 0 Å². The van der Waals surface area contributed by atoms with E-state index < -0.39 is 18.5 Å². The van der Waals surface area contributed by atoms with Gasteiger partial charge in [0.2, 0.25) is 0 Å². The van der Waals surface area contributed by atoms with Crippen LogP contribution in [-0.2, 0) is 9.47 Å². The predicted molar refractivity (Wildman–Crippen MR) is 26.6 cm³/mol. The zero-order valence-corrected chi connectivity index (χ0v) is 4.73. The Kier molecular flexibility index (Phi) is 1.04. The van der Waals surface area contributed by atoms with Crippen LogP contribution in [0.2, 0.25) is 0 Å². The third kappa shape index (κ3) is 0.616. The second-order valence-electron chi connectivity index (χ2n) is 2.36. The first-order chi connectivity index (χ1) is 4.29. The molecule has 0 radical (unpaired) electrons. The predicted octanol–water partition coefficient (Wildman–Crippen LogP) is -1.54. The van der Waals surface area contributed by atoms with Crippen molar-refractivity contribution in [2.24, 2.45) is 0 Å². The van der Waals surface area contributed by atoms with Gasteiger partial charge in [-0.05, 0) is 0 Å². The zero-order chi connectivity index (χ0) is 6.43. The SMILES string of the molecule is O[C@@H]1[C@H](O)C2OC[C@H]1O2. The van der Waals surface area contributed by atoms with Gasteiger partial charge in [0.05, 0.1) is 6.61 Å². The van der Waals surface area contributed by atoms with Gasteiger partial charge in [-0.25, -0.2) is 0 Å². The van der Waals surface area contributed by atoms with Crippen molar-refractivity contribution in [1.82, 2.24) is 0 Å². The van der Waals surface area contributed by atoms with Crippen LogP contribution in [0, 0.1) is 0 Å². The first-order valence-electron chi connectivity index (χ1n) is 2.92. The molecule has 0 amide bonds. The molecular formula is C5H8O4. The van der Waals surface area contributed by atoms with Crippen LogP contribution in [0.25, 0.3) is 0 Å². The van der Waals surface area contributed by atoms with Crippen molar-refractivity contribution in [3.63, 3.8) is 0 Å². The number of hydrogen-bond acceptors (Lipinski definition) is 4. The van der Waals surface area contributed by atoms with E-state index in [4.69, 9.17) is 19.7 Å². The molecule has 2 saturated heterocycles. The third-order valence-electron chi connectivity index (χ3n) is 1.74. The van der Waals surface area contributed by atoms with Crippen molar-refractivity contribution in [2.75, 3.05) is 6.61 Å². The fraction of sp³-hybridized carbons (Fsp3) is 1.00. The lowest BCUT2D eigenvalue weighted by atomic mass is 10.1. The summed E-state index contributed by atoms with van der Waals surface area (Å²) in [6.07, 6.45) is -2.47. The molecule has 2 rings (SSSR count). The van der Waals surface area contributed by atoms with Gasteiger partial charge in [-0.15, -0.1) is 0 Å². The molecule has 2 heterocycles. The fourth-order valence-electron chi connectivity index (χ4n) is 1.18. The van der Waals surface area contributed by atoms with Crippen LogP contribution in [0.4, 0.5) is 0 Å². The Morgan fingerprint density at radius 1 is 1.22 bits per heavy atom. The van der Waals surface area contributed by atoms with Crippen molar-refractivity contribution in [2.45, 2.75) is 24.6 Å². The van der Waals surface area contributed by atoms with Crippen LogP contribution in [0.5, 0.6) is 0 Å². The maximum Gasteiger partial charge on any atom is 0.186 e. The Labute approximate surface area is 52.0 Å². The Bertz CT molecular complexity index is 108. The number of ether oxygens (including phenoxy) is 2. The van der Waals surface area contributed by atoms with Crippen molar-refractivity contribution < 1.29 is 19.7 Å². The van der Waals surface area contributed by atoms with Gasteiger partial charge >= 0.3 is 0 Å². The van der Waals surface area contributed by atoms with Gasteiger partial charge in [-0.1, -0.05) is 0 Å². The summed E-state index contributed by atoms with van der Waals surface area (Å²) in [6.45, 7) is 0.406. The van der Waals surface area contributed by atoms with Crippen molar-refractivity contribution in [3.8, 4) is 0 Å². The number of aliphatic hydroxyl groups excluding tert-OH is 2. The second kappa shape index (κ2) is 1.67. The minimum atomic E-state index is -0.844. The quantitative estimate of drug-likeness (QED) is 0.419. The molecule has 2 aliphatic rings. The average Bonchev–Trinajstić information content (AvgIpc) is 2.37. The molecule has 0 aliphatic carbocycles. The normalized spacial score (nSPS) is 56.7. The van der Waals surface area contributed by atoms with E-state index in [1.165, 1.54) is 0 Å². The molecule has 0 aromatic heterocycles. The Hall–Kier alpha value is -0.160. The van der Waals surface area contributed by atoms with Crippen molar-refractivity contribution in [3.05, 3.63) is 0 Å². The molecular weight excluding hydrogens is 124 g/mol. The molecule has 4 atom stereocenters. The summed E-state index contributed by atoms with van der Waals surface area (Å²) < 4.78 is 9.88. The minimum absolute atomic E-state index is 0.301. The van der Waals surface area contributed by atoms with E-state index in [1.807, 2.05) is 0 Å². The summed E-state index contributed by atoms with van der Waals surface area (Å²) in [5, 5.41) is 18.0. The Balaban J connectivity index is 2.15. The molecule has 2 N–H and O–H groups in total. The van der Waals surface area contributed by atoms with Gasteiger partial charge in [0.1, 0.15) is 18.3 Å². The molecule has 2 bridgehead atoms. The highest BCUT2D eigenvalue weighted by molar-refractivity contribution is 4.90. The minimum Gasteiger partial charge on any atom is -0.387 e. The highest BCUT2D eigenvalue weighted by Gasteiger charge is 2.48. The second-order valence-corrected chi connectivity index (χ2v) is 2.36. The first-order valence-corrected chi connectivity index (χ1v) is 2.92. The molecule has 0 spiro atoms. The van der Waals surface area contributed by atoms with E-state index >= 15 is 0 Å². The van der Waals surface area contributed by atoms with E-state index in [9.17, 15) is 0 Å². The van der Waals surface area contributed by atoms with E-state index in [2.05, 4.69) is 0 Å². The number of rotatable bonds is 0. The average molecular weight is 132 g/mol. The van der Waals surface area contributed by atoms with Crippen LogP contribution in [0.3, 0.4) is 0 Å². The number of fused-ring (bicyclic) bond motifs is 2. The smallest absolute Gasteiger partial charge is 0.186 e. The van der Waals surface area contributed by atoms with E-state index in [-0.39, 0.29) is 6.10 Å². The first kappa shape index (κ1) is 5.61. The lowest BCUT2D eigenvalue weighted by molar-refractivity contribution is -0.111. The van der Waals surface area contributed by atoms with E-state index in [0.29, 0.717) is 6.61 Å². The lowest BCUT2D eigenvalue weighted by Crippen LogP contribution is -2.39. The van der Waals surface area contributed by atoms with Gasteiger partial charge in [0.15, 0.2) is 6.29 Å². The molecule has 0 saturated carbocycles. The van der Waals surface area contributed by atoms with Crippen LogP contribution in [0.15, 0.2) is 0 Å². The fourth-order valence-corrected chi connectivity index (χ4v) is 1.18. The van der Waals surface area contributed by atoms with Crippen LogP contribution in [0.1, 0.15) is 0 Å². The largest absolute Gasteiger partial charge is 0.387 e. The molecule has 2 fully saturated rings. The van der Waals surface area contributed by atoms with E-state index in [0.717, 1.165) is 0 Å². The summed E-state index contributed by atoms with van der Waals surface area (Å²) in [5.41, 5.74) is 0. The summed E-state index contributed by atoms with van der Waals surface area (Å²) in [7, 11) is 0. The summed E-state index contributed by atoms with van der Waals surface area (Å²) in [6, 6.07) is 0. The van der Waals surface area contributed by atoms with Gasteiger partial charge in [0.25, 0.3) is 0 Å². The summed E-state index contributed by atoms with van der Waals surface area (Å²) >= 11 is 0. The van der Waals surface area contributed by atoms with Crippen molar-refractivity contribution in [1.29, 1.82) is 0 Å². The maximum atomic E-state index is 9.03. The molecule has 9 heavy (non-hydrogen) atoms. The highest BCUT2D eigenvalue weighted by atomic mass is 16.7. The van der Waals surface area contributed by atoms with E-state index in [1.54, 1.807) is 0 Å². The van der Waals surface area contributed by atoms with Gasteiger partial charge in [-0.2, -0.15) is 0 Å². The molecule has 0 aromatic carbocycles. The third-order valence-corrected chi connectivity index (χ3v) is 1.74. The number of aliphatic hydroxyl groups is 2. The van der Waals surface area contributed by atoms with Crippen molar-refractivity contribution >= 4 is 0 Å². The van der Waals surface area contributed by atoms with Crippen LogP contribution >= 0.6 is 0 Å². The monoisotopic (exact) mass is 132 g/mol. The lowest BCUT2D eigenvalue weighted by Gasteiger charge is -2.17. The van der Waals surface area contributed by atoms with Crippen LogP contribution in [-0.4, -0.2) is 41.4 Å². The summed E-state index contributed by atoms with van der Waals surface area (Å²) in [4.78, 5) is 0. The number of hydrogen-bond donors (Lipinski definition) is 2. The molecule has 2 aliphatic heterocycles. The van der Waals surface area contributed by atoms with Gasteiger partial charge in [0, 0.05) is 0 Å². The molecule has 1 unspecified atom stereocenters. The molecule has 4 heteroatoms. The highest BCUT2D eigenvalue weighted by Crippen LogP contribution is 2.28. The molecule has 0 aromatic rings. The maximum absolute atomic E-state index is 9.03. The Morgan fingerprint density at radius 3 is 2.33 bits per heavy atom.